The van der Waals surface area contributed by atoms with Gasteiger partial charge in [0.25, 0.3) is 0 Å². The van der Waals surface area contributed by atoms with Gasteiger partial charge in [-0.3, -0.25) is 4.79 Å². The molecular weight excluding hydrogens is 404 g/mol. The average Bonchev–Trinajstić information content (AvgIpc) is 3.24. The molecule has 4 rings (SSSR count). The van der Waals surface area contributed by atoms with E-state index in [1.54, 1.807) is 0 Å². The average molecular weight is 441 g/mol. The van der Waals surface area contributed by atoms with E-state index in [1.807, 2.05) is 29.2 Å². The predicted octanol–water partition coefficient (Wildman–Crippen LogP) is 4.43. The fourth-order valence-corrected chi connectivity index (χ4v) is 4.28. The Kier molecular flexibility index (Phi) is 7.66. The maximum Gasteiger partial charge on any atom is 0.324 e. The van der Waals surface area contributed by atoms with E-state index in [0.29, 0.717) is 18.4 Å². The topological polar surface area (TPSA) is 71.7 Å². The molecule has 0 spiro atoms. The predicted molar refractivity (Wildman–Crippen MR) is 124 cm³/mol. The standard InChI is InChI=1S/C25H36N4O3/c1-19(2)24-26-25(32-27-24)29-15-11-20(12-16-29)6-3-4-17-31-22-9-7-21(8-10-22)18-23(30)28-13-5-14-28/h7-10,19-20H,3-6,11-18H2,1-2H3. The summed E-state index contributed by atoms with van der Waals surface area (Å²) in [5, 5.41) is 4.08. The summed E-state index contributed by atoms with van der Waals surface area (Å²) in [5.41, 5.74) is 1.06. The summed E-state index contributed by atoms with van der Waals surface area (Å²) >= 11 is 0. The second-order valence-electron chi connectivity index (χ2n) is 9.42. The van der Waals surface area contributed by atoms with Crippen molar-refractivity contribution in [2.45, 2.75) is 64.7 Å². The van der Waals surface area contributed by atoms with Crippen molar-refractivity contribution in [1.82, 2.24) is 15.0 Å². The molecule has 0 radical (unpaired) electrons. The molecule has 0 bridgehead atoms. The first-order chi connectivity index (χ1) is 15.6. The zero-order valence-electron chi connectivity index (χ0n) is 19.5. The number of hydrogen-bond donors (Lipinski definition) is 0. The van der Waals surface area contributed by atoms with Gasteiger partial charge in [-0.25, -0.2) is 0 Å². The van der Waals surface area contributed by atoms with Crippen molar-refractivity contribution >= 4 is 11.9 Å². The fraction of sp³-hybridized carbons (Fsp3) is 0.640. The highest BCUT2D eigenvalue weighted by molar-refractivity contribution is 5.79. The smallest absolute Gasteiger partial charge is 0.324 e. The largest absolute Gasteiger partial charge is 0.494 e. The number of benzene rings is 1. The lowest BCUT2D eigenvalue weighted by Gasteiger charge is -2.30. The Balaban J connectivity index is 1.08. The van der Waals surface area contributed by atoms with Gasteiger partial charge in [0.2, 0.25) is 5.91 Å². The number of amides is 1. The van der Waals surface area contributed by atoms with E-state index < -0.39 is 0 Å². The number of carbonyl (C=O) groups is 1. The molecule has 2 aromatic rings. The first kappa shape index (κ1) is 22.6. The van der Waals surface area contributed by atoms with Crippen LogP contribution in [0.2, 0.25) is 0 Å². The summed E-state index contributed by atoms with van der Waals surface area (Å²) in [6.45, 7) is 8.72. The van der Waals surface area contributed by atoms with E-state index in [-0.39, 0.29) is 5.91 Å². The molecule has 2 saturated heterocycles. The quantitative estimate of drug-likeness (QED) is 0.509. The summed E-state index contributed by atoms with van der Waals surface area (Å²) in [4.78, 5) is 20.7. The Morgan fingerprint density at radius 2 is 1.88 bits per heavy atom. The number of hydrogen-bond acceptors (Lipinski definition) is 6. The van der Waals surface area contributed by atoms with Crippen LogP contribution in [-0.4, -0.2) is 53.7 Å². The number of likely N-dealkylation sites (tertiary alicyclic amines) is 1. The molecule has 7 heteroatoms. The van der Waals surface area contributed by atoms with E-state index >= 15 is 0 Å². The van der Waals surface area contributed by atoms with Crippen LogP contribution in [0.25, 0.3) is 0 Å². The van der Waals surface area contributed by atoms with Crippen molar-refractivity contribution in [2.24, 2.45) is 5.92 Å². The van der Waals surface area contributed by atoms with Crippen LogP contribution in [0.4, 0.5) is 6.01 Å². The summed E-state index contributed by atoms with van der Waals surface area (Å²) in [7, 11) is 0. The summed E-state index contributed by atoms with van der Waals surface area (Å²) in [5.74, 6) is 2.97. The second kappa shape index (κ2) is 10.8. The zero-order valence-corrected chi connectivity index (χ0v) is 19.5. The lowest BCUT2D eigenvalue weighted by molar-refractivity contribution is -0.133. The summed E-state index contributed by atoms with van der Waals surface area (Å²) in [6, 6.07) is 8.66. The molecule has 1 aromatic heterocycles. The van der Waals surface area contributed by atoms with E-state index in [1.165, 1.54) is 25.7 Å². The van der Waals surface area contributed by atoms with Crippen molar-refractivity contribution in [1.29, 1.82) is 0 Å². The molecule has 1 amide bonds. The molecule has 0 N–H and O–H groups in total. The number of piperidine rings is 1. The van der Waals surface area contributed by atoms with Gasteiger partial charge in [-0.1, -0.05) is 37.6 Å². The number of anilines is 1. The van der Waals surface area contributed by atoms with Crippen LogP contribution >= 0.6 is 0 Å². The molecule has 3 heterocycles. The number of nitrogens with zero attached hydrogens (tertiary/aromatic N) is 4. The number of unbranched alkanes of at least 4 members (excludes halogenated alkanes) is 1. The van der Waals surface area contributed by atoms with E-state index in [2.05, 4.69) is 28.9 Å². The van der Waals surface area contributed by atoms with Crippen LogP contribution in [0.3, 0.4) is 0 Å². The maximum atomic E-state index is 12.1. The van der Waals surface area contributed by atoms with E-state index in [4.69, 9.17) is 9.26 Å². The van der Waals surface area contributed by atoms with Gasteiger partial charge >= 0.3 is 6.01 Å². The molecule has 2 aliphatic heterocycles. The molecule has 0 saturated carbocycles. The van der Waals surface area contributed by atoms with Crippen LogP contribution in [0.15, 0.2) is 28.8 Å². The van der Waals surface area contributed by atoms with Gasteiger partial charge in [-0.2, -0.15) is 4.98 Å². The molecule has 1 aromatic carbocycles. The van der Waals surface area contributed by atoms with E-state index in [9.17, 15) is 4.79 Å². The number of carbonyl (C=O) groups excluding carboxylic acids is 1. The van der Waals surface area contributed by atoms with Crippen molar-refractivity contribution in [3.63, 3.8) is 0 Å². The SMILES string of the molecule is CC(C)c1noc(N2CCC(CCCCOc3ccc(CC(=O)N4CCC4)cc3)CC2)n1. The molecule has 174 valence electrons. The molecule has 2 fully saturated rings. The Labute approximate surface area is 191 Å². The minimum Gasteiger partial charge on any atom is -0.494 e. The van der Waals surface area contributed by atoms with E-state index in [0.717, 1.165) is 68.7 Å². The third-order valence-electron chi connectivity index (χ3n) is 6.60. The second-order valence-corrected chi connectivity index (χ2v) is 9.42. The summed E-state index contributed by atoms with van der Waals surface area (Å²) in [6.07, 6.45) is 7.48. The zero-order chi connectivity index (χ0) is 22.3. The van der Waals surface area contributed by atoms with Gasteiger partial charge in [-0.05, 0) is 55.7 Å². The Hall–Kier alpha value is -2.57. The first-order valence-corrected chi connectivity index (χ1v) is 12.2. The Morgan fingerprint density at radius 1 is 1.12 bits per heavy atom. The highest BCUT2D eigenvalue weighted by Crippen LogP contribution is 2.26. The molecule has 0 unspecified atom stereocenters. The molecule has 32 heavy (non-hydrogen) atoms. The number of rotatable bonds is 10. The number of aromatic nitrogens is 2. The summed E-state index contributed by atoms with van der Waals surface area (Å²) < 4.78 is 11.3. The minimum atomic E-state index is 0.230. The maximum absolute atomic E-state index is 12.1. The van der Waals surface area contributed by atoms with Gasteiger partial charge in [0, 0.05) is 32.1 Å². The highest BCUT2D eigenvalue weighted by Gasteiger charge is 2.23. The van der Waals surface area contributed by atoms with Gasteiger partial charge in [0.15, 0.2) is 5.82 Å². The normalized spacial score (nSPS) is 17.0. The molecule has 0 atom stereocenters. The van der Waals surface area contributed by atoms with Gasteiger partial charge in [0.05, 0.1) is 13.0 Å². The monoisotopic (exact) mass is 440 g/mol. The van der Waals surface area contributed by atoms with Crippen molar-refractivity contribution in [3.05, 3.63) is 35.7 Å². The molecule has 0 aliphatic carbocycles. The third kappa shape index (κ3) is 6.02. The van der Waals surface area contributed by atoms with Crippen LogP contribution in [0.5, 0.6) is 5.75 Å². The first-order valence-electron chi connectivity index (χ1n) is 12.2. The Morgan fingerprint density at radius 3 is 2.50 bits per heavy atom. The van der Waals surface area contributed by atoms with Gasteiger partial charge in [0.1, 0.15) is 5.75 Å². The van der Waals surface area contributed by atoms with Gasteiger partial charge in [-0.15, -0.1) is 0 Å². The van der Waals surface area contributed by atoms with Crippen LogP contribution in [0, 0.1) is 5.92 Å². The highest BCUT2D eigenvalue weighted by atomic mass is 16.5. The van der Waals surface area contributed by atoms with Crippen molar-refractivity contribution in [3.8, 4) is 5.75 Å². The van der Waals surface area contributed by atoms with Crippen molar-refractivity contribution < 1.29 is 14.1 Å². The molecule has 7 nitrogen and oxygen atoms in total. The van der Waals surface area contributed by atoms with Crippen LogP contribution in [-0.2, 0) is 11.2 Å². The Bertz CT molecular complexity index is 852. The number of ether oxygens (including phenoxy) is 1. The molecular formula is C25H36N4O3. The molecule has 2 aliphatic rings. The fourth-order valence-electron chi connectivity index (χ4n) is 4.28. The minimum absolute atomic E-state index is 0.230. The lowest BCUT2D eigenvalue weighted by Crippen LogP contribution is -2.42. The van der Waals surface area contributed by atoms with Crippen molar-refractivity contribution in [2.75, 3.05) is 37.7 Å². The van der Waals surface area contributed by atoms with Crippen LogP contribution in [0.1, 0.15) is 69.7 Å². The van der Waals surface area contributed by atoms with Gasteiger partial charge < -0.3 is 19.1 Å². The van der Waals surface area contributed by atoms with Crippen LogP contribution < -0.4 is 9.64 Å². The lowest BCUT2D eigenvalue weighted by atomic mass is 9.92. The third-order valence-corrected chi connectivity index (χ3v) is 6.60.